The van der Waals surface area contributed by atoms with E-state index in [1.54, 1.807) is 12.1 Å². The summed E-state index contributed by atoms with van der Waals surface area (Å²) in [6.07, 6.45) is 2.54. The molecule has 0 bridgehead atoms. The molecule has 0 radical (unpaired) electrons. The van der Waals surface area contributed by atoms with Crippen LogP contribution in [0.4, 0.5) is 0 Å². The fourth-order valence-corrected chi connectivity index (χ4v) is 2.44. The molecule has 1 saturated heterocycles. The summed E-state index contributed by atoms with van der Waals surface area (Å²) in [7, 11) is 0. The van der Waals surface area contributed by atoms with Crippen molar-refractivity contribution in [1.29, 1.82) is 0 Å². The topological polar surface area (TPSA) is 69.6 Å². The maximum Gasteiger partial charge on any atom is 0.336 e. The lowest BCUT2D eigenvalue weighted by Crippen LogP contribution is -2.28. The molecule has 0 aromatic heterocycles. The minimum atomic E-state index is -0.898. The van der Waals surface area contributed by atoms with Gasteiger partial charge in [-0.3, -0.25) is 4.79 Å². The van der Waals surface area contributed by atoms with E-state index < -0.39 is 5.97 Å². The molecule has 1 aliphatic rings. The molecule has 20 heavy (non-hydrogen) atoms. The molecule has 2 rings (SSSR count). The van der Waals surface area contributed by atoms with Gasteiger partial charge in [-0.1, -0.05) is 18.2 Å². The second kappa shape index (κ2) is 7.05. The molecule has 1 aliphatic heterocycles. The Kier molecular flexibility index (Phi) is 5.12. The van der Waals surface area contributed by atoms with E-state index in [0.29, 0.717) is 18.5 Å². The van der Waals surface area contributed by atoms with Gasteiger partial charge in [-0.2, -0.15) is 0 Å². The molecule has 1 aromatic carbocycles. The fraction of sp³-hybridized carbons (Fsp3) is 0.467. The Balaban J connectivity index is 1.71. The maximum atomic E-state index is 11.4. The van der Waals surface area contributed by atoms with E-state index in [1.165, 1.54) is 0 Å². The molecule has 1 heterocycles. The Labute approximate surface area is 118 Å². The summed E-state index contributed by atoms with van der Waals surface area (Å²) in [5.41, 5.74) is 1.13. The minimum absolute atomic E-state index is 0.251. The van der Waals surface area contributed by atoms with Crippen LogP contribution in [0, 0.1) is 0 Å². The van der Waals surface area contributed by atoms with E-state index in [0.717, 1.165) is 38.0 Å². The summed E-state index contributed by atoms with van der Waals surface area (Å²) in [6.45, 7) is 2.97. The summed E-state index contributed by atoms with van der Waals surface area (Å²) in [4.78, 5) is 24.4. The first-order chi connectivity index (χ1) is 9.68. The van der Waals surface area contributed by atoms with Gasteiger partial charge in [-0.25, -0.2) is 4.79 Å². The molecule has 5 nitrogen and oxygen atoms in total. The lowest BCUT2D eigenvalue weighted by atomic mass is 10.1. The third-order valence-corrected chi connectivity index (χ3v) is 3.52. The molecule has 0 aliphatic carbocycles. The van der Waals surface area contributed by atoms with Gasteiger partial charge >= 0.3 is 5.97 Å². The summed E-state index contributed by atoms with van der Waals surface area (Å²) in [5.74, 6) is -0.647. The molecule has 1 amide bonds. The number of amides is 1. The molecule has 108 valence electrons. The number of nitrogens with one attached hydrogen (secondary N) is 1. The van der Waals surface area contributed by atoms with Gasteiger partial charge in [0, 0.05) is 26.1 Å². The average molecular weight is 276 g/mol. The van der Waals surface area contributed by atoms with E-state index in [4.69, 9.17) is 5.11 Å². The number of carbonyl (C=O) groups is 2. The molecule has 1 fully saturated rings. The summed E-state index contributed by atoms with van der Waals surface area (Å²) in [5, 5.41) is 12.3. The van der Waals surface area contributed by atoms with Crippen molar-refractivity contribution in [1.82, 2.24) is 10.2 Å². The number of hydrogen-bond acceptors (Lipinski definition) is 3. The number of hydrogen-bond donors (Lipinski definition) is 2. The lowest BCUT2D eigenvalue weighted by molar-refractivity contribution is -0.127. The maximum absolute atomic E-state index is 11.4. The largest absolute Gasteiger partial charge is 0.478 e. The van der Waals surface area contributed by atoms with E-state index in [1.807, 2.05) is 17.0 Å². The van der Waals surface area contributed by atoms with Gasteiger partial charge in [-0.15, -0.1) is 0 Å². The predicted molar refractivity (Wildman–Crippen MR) is 75.5 cm³/mol. The number of benzene rings is 1. The average Bonchev–Trinajstić information content (AvgIpc) is 2.84. The van der Waals surface area contributed by atoms with Gasteiger partial charge < -0.3 is 15.3 Å². The second-order valence-corrected chi connectivity index (χ2v) is 4.98. The highest BCUT2D eigenvalue weighted by molar-refractivity contribution is 5.89. The van der Waals surface area contributed by atoms with Gasteiger partial charge in [0.05, 0.1) is 5.56 Å². The normalized spacial score (nSPS) is 14.8. The number of carbonyl (C=O) groups excluding carboxylic acids is 1. The van der Waals surface area contributed by atoms with Crippen molar-refractivity contribution in [2.75, 3.05) is 19.6 Å². The molecule has 0 unspecified atom stereocenters. The predicted octanol–water partition coefficient (Wildman–Crippen LogP) is 1.49. The SMILES string of the molecule is O=C(O)c1ccccc1CNCCCN1CCCC1=O. The fourth-order valence-electron chi connectivity index (χ4n) is 2.44. The quantitative estimate of drug-likeness (QED) is 0.740. The van der Waals surface area contributed by atoms with Gasteiger partial charge in [0.1, 0.15) is 0 Å². The van der Waals surface area contributed by atoms with Crippen molar-refractivity contribution < 1.29 is 14.7 Å². The lowest BCUT2D eigenvalue weighted by Gasteiger charge is -2.15. The zero-order chi connectivity index (χ0) is 14.4. The Morgan fingerprint density at radius 3 is 2.85 bits per heavy atom. The smallest absolute Gasteiger partial charge is 0.336 e. The molecule has 0 spiro atoms. The first-order valence-electron chi connectivity index (χ1n) is 6.98. The number of rotatable bonds is 7. The molecule has 1 aromatic rings. The van der Waals surface area contributed by atoms with Crippen molar-refractivity contribution in [3.63, 3.8) is 0 Å². The third-order valence-electron chi connectivity index (χ3n) is 3.52. The zero-order valence-corrected chi connectivity index (χ0v) is 11.5. The Hall–Kier alpha value is -1.88. The molecular formula is C15H20N2O3. The van der Waals surface area contributed by atoms with Crippen LogP contribution in [0.15, 0.2) is 24.3 Å². The molecular weight excluding hydrogens is 256 g/mol. The highest BCUT2D eigenvalue weighted by Gasteiger charge is 2.18. The first-order valence-corrected chi connectivity index (χ1v) is 6.98. The third kappa shape index (κ3) is 3.81. The molecule has 0 saturated carbocycles. The van der Waals surface area contributed by atoms with Gasteiger partial charge in [0.2, 0.25) is 5.91 Å². The Morgan fingerprint density at radius 1 is 1.35 bits per heavy atom. The van der Waals surface area contributed by atoms with E-state index >= 15 is 0 Å². The zero-order valence-electron chi connectivity index (χ0n) is 11.5. The van der Waals surface area contributed by atoms with Crippen LogP contribution in [0.2, 0.25) is 0 Å². The summed E-state index contributed by atoms with van der Waals surface area (Å²) < 4.78 is 0. The van der Waals surface area contributed by atoms with Crippen molar-refractivity contribution in [3.05, 3.63) is 35.4 Å². The highest BCUT2D eigenvalue weighted by Crippen LogP contribution is 2.10. The number of nitrogens with zero attached hydrogens (tertiary/aromatic N) is 1. The molecule has 5 heteroatoms. The first kappa shape index (κ1) is 14.5. The standard InChI is InChI=1S/C15H20N2O3/c18-14-7-3-9-17(14)10-4-8-16-11-12-5-1-2-6-13(12)15(19)20/h1-2,5-6,16H,3-4,7-11H2,(H,19,20). The van der Waals surface area contributed by atoms with Crippen molar-refractivity contribution in [2.45, 2.75) is 25.8 Å². The van der Waals surface area contributed by atoms with E-state index in [-0.39, 0.29) is 5.91 Å². The van der Waals surface area contributed by atoms with Crippen LogP contribution in [0.1, 0.15) is 35.2 Å². The van der Waals surface area contributed by atoms with Crippen LogP contribution in [-0.4, -0.2) is 41.5 Å². The van der Waals surface area contributed by atoms with E-state index in [9.17, 15) is 9.59 Å². The summed E-state index contributed by atoms with van der Waals surface area (Å²) in [6, 6.07) is 7.00. The van der Waals surface area contributed by atoms with Crippen LogP contribution in [0.5, 0.6) is 0 Å². The van der Waals surface area contributed by atoms with Crippen LogP contribution >= 0.6 is 0 Å². The van der Waals surface area contributed by atoms with Crippen molar-refractivity contribution >= 4 is 11.9 Å². The van der Waals surface area contributed by atoms with Crippen LogP contribution in [0.25, 0.3) is 0 Å². The number of aromatic carboxylic acids is 1. The van der Waals surface area contributed by atoms with Crippen molar-refractivity contribution in [3.8, 4) is 0 Å². The van der Waals surface area contributed by atoms with Crippen LogP contribution in [0.3, 0.4) is 0 Å². The van der Waals surface area contributed by atoms with Gasteiger partial charge in [-0.05, 0) is 31.0 Å². The Morgan fingerprint density at radius 2 is 2.15 bits per heavy atom. The van der Waals surface area contributed by atoms with Gasteiger partial charge in [0.25, 0.3) is 0 Å². The minimum Gasteiger partial charge on any atom is -0.478 e. The Bertz CT molecular complexity index is 488. The van der Waals surface area contributed by atoms with Gasteiger partial charge in [0.15, 0.2) is 0 Å². The van der Waals surface area contributed by atoms with Crippen LogP contribution in [-0.2, 0) is 11.3 Å². The number of likely N-dealkylation sites (tertiary alicyclic amines) is 1. The number of carboxylic acid groups (broad SMARTS) is 1. The molecule has 2 N–H and O–H groups in total. The van der Waals surface area contributed by atoms with Crippen molar-refractivity contribution in [2.24, 2.45) is 0 Å². The summed E-state index contributed by atoms with van der Waals surface area (Å²) >= 11 is 0. The second-order valence-electron chi connectivity index (χ2n) is 4.98. The highest BCUT2D eigenvalue weighted by atomic mass is 16.4. The molecule has 0 atom stereocenters. The monoisotopic (exact) mass is 276 g/mol. The number of carboxylic acids is 1. The van der Waals surface area contributed by atoms with E-state index in [2.05, 4.69) is 5.32 Å². The van der Waals surface area contributed by atoms with Crippen LogP contribution < -0.4 is 5.32 Å².